The van der Waals surface area contributed by atoms with Gasteiger partial charge in [0.15, 0.2) is 0 Å². The highest BCUT2D eigenvalue weighted by molar-refractivity contribution is 5.32. The Morgan fingerprint density at radius 3 is 2.27 bits per heavy atom. The number of hydrogen-bond acceptors (Lipinski definition) is 6. The van der Waals surface area contributed by atoms with Gasteiger partial charge in [-0.2, -0.15) is 0 Å². The topological polar surface area (TPSA) is 64.0 Å². The smallest absolute Gasteiger partial charge is 0.232 e. The van der Waals surface area contributed by atoms with Gasteiger partial charge in [-0.25, -0.2) is 15.0 Å². The molecule has 1 saturated heterocycles. The fourth-order valence-electron chi connectivity index (χ4n) is 2.69. The maximum Gasteiger partial charge on any atom is 0.232 e. The second-order valence-electron chi connectivity index (χ2n) is 5.75. The molecule has 6 nitrogen and oxygen atoms in total. The van der Waals surface area contributed by atoms with Crippen LogP contribution in [-0.4, -0.2) is 39.1 Å². The summed E-state index contributed by atoms with van der Waals surface area (Å²) in [5.74, 6) is 1.44. The van der Waals surface area contributed by atoms with E-state index in [-0.39, 0.29) is 6.10 Å². The summed E-state index contributed by atoms with van der Waals surface area (Å²) in [4.78, 5) is 19.7. The van der Waals surface area contributed by atoms with Crippen molar-refractivity contribution in [3.63, 3.8) is 0 Å². The molecule has 22 heavy (non-hydrogen) atoms. The lowest BCUT2D eigenvalue weighted by Crippen LogP contribution is -2.39. The Balaban J connectivity index is 1.60. The van der Waals surface area contributed by atoms with Crippen molar-refractivity contribution < 1.29 is 4.74 Å². The Bertz CT molecular complexity index is 632. The van der Waals surface area contributed by atoms with Gasteiger partial charge in [0.05, 0.1) is 11.9 Å². The molecule has 2 aromatic heterocycles. The Morgan fingerprint density at radius 1 is 0.955 bits per heavy atom. The summed E-state index contributed by atoms with van der Waals surface area (Å²) in [5, 5.41) is 0. The van der Waals surface area contributed by atoms with E-state index in [1.807, 2.05) is 26.8 Å². The molecular weight excluding hydrogens is 278 g/mol. The minimum atomic E-state index is 0.179. The van der Waals surface area contributed by atoms with Crippen LogP contribution in [0.15, 0.2) is 18.5 Å². The number of anilines is 1. The molecule has 1 aliphatic rings. The van der Waals surface area contributed by atoms with Gasteiger partial charge in [-0.1, -0.05) is 0 Å². The normalized spacial score (nSPS) is 15.9. The molecule has 0 N–H and O–H groups in total. The first-order chi connectivity index (χ1) is 10.6. The number of ether oxygens (including phenoxy) is 1. The predicted octanol–water partition coefficient (Wildman–Crippen LogP) is 2.24. The average molecular weight is 299 g/mol. The number of piperidine rings is 1. The molecule has 0 atom stereocenters. The van der Waals surface area contributed by atoms with Crippen LogP contribution in [0.4, 0.5) is 5.95 Å². The van der Waals surface area contributed by atoms with E-state index in [0.29, 0.717) is 5.88 Å². The molecule has 3 rings (SSSR count). The van der Waals surface area contributed by atoms with Crippen molar-refractivity contribution in [2.75, 3.05) is 18.0 Å². The number of rotatable bonds is 3. The number of nitrogens with zero attached hydrogens (tertiary/aromatic N) is 5. The summed E-state index contributed by atoms with van der Waals surface area (Å²) in [6, 6.07) is 2.00. The van der Waals surface area contributed by atoms with Gasteiger partial charge in [0, 0.05) is 43.5 Å². The molecule has 0 bridgehead atoms. The quantitative estimate of drug-likeness (QED) is 0.866. The number of hydrogen-bond donors (Lipinski definition) is 0. The van der Waals surface area contributed by atoms with E-state index < -0.39 is 0 Å². The molecule has 0 amide bonds. The summed E-state index contributed by atoms with van der Waals surface area (Å²) >= 11 is 0. The van der Waals surface area contributed by atoms with Crippen LogP contribution >= 0.6 is 0 Å². The van der Waals surface area contributed by atoms with Crippen molar-refractivity contribution >= 4 is 5.95 Å². The molecule has 6 heteroatoms. The van der Waals surface area contributed by atoms with Crippen LogP contribution in [0.2, 0.25) is 0 Å². The van der Waals surface area contributed by atoms with E-state index in [2.05, 4.69) is 24.8 Å². The monoisotopic (exact) mass is 299 g/mol. The first kappa shape index (κ1) is 14.7. The fraction of sp³-hybridized carbons (Fsp3) is 0.500. The predicted molar refractivity (Wildman–Crippen MR) is 84.1 cm³/mol. The van der Waals surface area contributed by atoms with Gasteiger partial charge in [0.25, 0.3) is 0 Å². The Kier molecular flexibility index (Phi) is 4.18. The summed E-state index contributed by atoms with van der Waals surface area (Å²) in [6.07, 6.45) is 5.45. The molecule has 1 aliphatic heterocycles. The Labute approximate surface area is 130 Å². The van der Waals surface area contributed by atoms with Gasteiger partial charge in [-0.15, -0.1) is 0 Å². The lowest BCUT2D eigenvalue weighted by molar-refractivity contribution is 0.162. The molecule has 0 unspecified atom stereocenters. The summed E-state index contributed by atoms with van der Waals surface area (Å²) in [6.45, 7) is 7.72. The highest BCUT2D eigenvalue weighted by Gasteiger charge is 2.23. The molecule has 0 aromatic carbocycles. The van der Waals surface area contributed by atoms with Crippen LogP contribution in [0.5, 0.6) is 5.88 Å². The summed E-state index contributed by atoms with van der Waals surface area (Å²) in [7, 11) is 0. The molecular formula is C16H21N5O. The maximum atomic E-state index is 5.93. The Hall–Kier alpha value is -2.24. The first-order valence-electron chi connectivity index (χ1n) is 7.63. The molecule has 0 aliphatic carbocycles. The van der Waals surface area contributed by atoms with Crippen LogP contribution in [0.1, 0.15) is 29.9 Å². The standard InChI is InChI=1S/C16H21N5O/c1-11-8-12(2)20-16(19-11)21-6-4-14(5-7-21)22-15-10-17-9-13(3)18-15/h8-10,14H,4-7H2,1-3H3. The van der Waals surface area contributed by atoms with Crippen molar-refractivity contribution in [1.82, 2.24) is 19.9 Å². The lowest BCUT2D eigenvalue weighted by atomic mass is 10.1. The largest absolute Gasteiger partial charge is 0.473 e. The van der Waals surface area contributed by atoms with Gasteiger partial charge in [-0.05, 0) is 26.8 Å². The zero-order valence-corrected chi connectivity index (χ0v) is 13.3. The second kappa shape index (κ2) is 6.25. The van der Waals surface area contributed by atoms with E-state index in [0.717, 1.165) is 49.0 Å². The van der Waals surface area contributed by atoms with E-state index in [1.54, 1.807) is 12.4 Å². The third kappa shape index (κ3) is 3.50. The van der Waals surface area contributed by atoms with E-state index >= 15 is 0 Å². The molecule has 116 valence electrons. The molecule has 0 spiro atoms. The van der Waals surface area contributed by atoms with Crippen LogP contribution in [0, 0.1) is 20.8 Å². The zero-order valence-electron chi connectivity index (χ0n) is 13.3. The highest BCUT2D eigenvalue weighted by Crippen LogP contribution is 2.20. The minimum Gasteiger partial charge on any atom is -0.473 e. The Morgan fingerprint density at radius 2 is 1.64 bits per heavy atom. The third-order valence-electron chi connectivity index (χ3n) is 3.72. The SMILES string of the molecule is Cc1cncc(OC2CCN(c3nc(C)cc(C)n3)CC2)n1. The number of aromatic nitrogens is 4. The van der Waals surface area contributed by atoms with E-state index in [1.165, 1.54) is 0 Å². The summed E-state index contributed by atoms with van der Waals surface area (Å²) in [5.41, 5.74) is 2.89. The minimum absolute atomic E-state index is 0.179. The zero-order chi connectivity index (χ0) is 15.5. The highest BCUT2D eigenvalue weighted by atomic mass is 16.5. The maximum absolute atomic E-state index is 5.93. The van der Waals surface area contributed by atoms with Crippen LogP contribution < -0.4 is 9.64 Å². The molecule has 0 saturated carbocycles. The van der Waals surface area contributed by atoms with Gasteiger partial charge >= 0.3 is 0 Å². The second-order valence-corrected chi connectivity index (χ2v) is 5.75. The lowest BCUT2D eigenvalue weighted by Gasteiger charge is -2.32. The molecule has 1 fully saturated rings. The van der Waals surface area contributed by atoms with E-state index in [9.17, 15) is 0 Å². The molecule has 2 aromatic rings. The van der Waals surface area contributed by atoms with Crippen LogP contribution in [0.3, 0.4) is 0 Å². The van der Waals surface area contributed by atoms with Crippen molar-refractivity contribution in [1.29, 1.82) is 0 Å². The van der Waals surface area contributed by atoms with Crippen LogP contribution in [-0.2, 0) is 0 Å². The molecule has 0 radical (unpaired) electrons. The summed E-state index contributed by atoms with van der Waals surface area (Å²) < 4.78 is 5.93. The first-order valence-corrected chi connectivity index (χ1v) is 7.63. The third-order valence-corrected chi connectivity index (χ3v) is 3.72. The van der Waals surface area contributed by atoms with Gasteiger partial charge < -0.3 is 9.64 Å². The average Bonchev–Trinajstić information content (AvgIpc) is 2.47. The molecule has 3 heterocycles. The van der Waals surface area contributed by atoms with Gasteiger partial charge in [0.1, 0.15) is 6.10 Å². The number of aryl methyl sites for hydroxylation is 3. The van der Waals surface area contributed by atoms with Gasteiger partial charge in [0.2, 0.25) is 11.8 Å². The van der Waals surface area contributed by atoms with E-state index in [4.69, 9.17) is 4.74 Å². The fourth-order valence-corrected chi connectivity index (χ4v) is 2.69. The van der Waals surface area contributed by atoms with Crippen molar-refractivity contribution in [2.45, 2.75) is 39.7 Å². The van der Waals surface area contributed by atoms with Crippen molar-refractivity contribution in [3.05, 3.63) is 35.5 Å². The van der Waals surface area contributed by atoms with Gasteiger partial charge in [-0.3, -0.25) is 4.98 Å². The van der Waals surface area contributed by atoms with Crippen LogP contribution in [0.25, 0.3) is 0 Å². The van der Waals surface area contributed by atoms with Crippen molar-refractivity contribution in [3.8, 4) is 5.88 Å². The van der Waals surface area contributed by atoms with Crippen molar-refractivity contribution in [2.24, 2.45) is 0 Å².